The van der Waals surface area contributed by atoms with E-state index in [1.165, 1.54) is 18.0 Å². The highest BCUT2D eigenvalue weighted by Gasteiger charge is 2.01. The number of ether oxygens (including phenoxy) is 1. The van der Waals surface area contributed by atoms with E-state index < -0.39 is 0 Å². The lowest BCUT2D eigenvalue weighted by Crippen LogP contribution is -2.18. The summed E-state index contributed by atoms with van der Waals surface area (Å²) in [5.74, 6) is 2.02. The Morgan fingerprint density at radius 2 is 2.17 bits per heavy atom. The largest absolute Gasteiger partial charge is 0.382 e. The number of hydrogen-bond acceptors (Lipinski definition) is 6. The highest BCUT2D eigenvalue weighted by atomic mass is 32.2. The molecule has 0 spiro atoms. The fourth-order valence-corrected chi connectivity index (χ4v) is 3.04. The van der Waals surface area contributed by atoms with Crippen molar-refractivity contribution in [1.82, 2.24) is 14.7 Å². The summed E-state index contributed by atoms with van der Waals surface area (Å²) in [6.07, 6.45) is 3.25. The number of hydrogen-bond donors (Lipinski definition) is 1. The number of aromatic nitrogens is 2. The molecular formula is C12H23N3OS2. The maximum Gasteiger partial charge on any atom is 0.170 e. The fraction of sp³-hybridized carbons (Fsp3) is 0.833. The van der Waals surface area contributed by atoms with Gasteiger partial charge in [0.1, 0.15) is 5.82 Å². The van der Waals surface area contributed by atoms with Crippen molar-refractivity contribution in [2.75, 3.05) is 32.1 Å². The molecule has 4 nitrogen and oxygen atoms in total. The second kappa shape index (κ2) is 10.7. The smallest absolute Gasteiger partial charge is 0.170 e. The topological polar surface area (TPSA) is 47.0 Å². The van der Waals surface area contributed by atoms with Crippen molar-refractivity contribution in [1.29, 1.82) is 0 Å². The van der Waals surface area contributed by atoms with Crippen molar-refractivity contribution in [3.8, 4) is 0 Å². The van der Waals surface area contributed by atoms with Gasteiger partial charge in [-0.3, -0.25) is 0 Å². The highest BCUT2D eigenvalue weighted by Crippen LogP contribution is 2.19. The molecule has 104 valence electrons. The van der Waals surface area contributed by atoms with Gasteiger partial charge >= 0.3 is 0 Å². The minimum absolute atomic E-state index is 0.825. The first-order valence-corrected chi connectivity index (χ1v) is 8.36. The number of nitrogens with one attached hydrogen (secondary N) is 1. The van der Waals surface area contributed by atoms with Gasteiger partial charge < -0.3 is 10.1 Å². The molecule has 0 saturated carbocycles. The highest BCUT2D eigenvalue weighted by molar-refractivity contribution is 8.00. The minimum atomic E-state index is 0.825. The van der Waals surface area contributed by atoms with E-state index in [1.54, 1.807) is 11.8 Å². The zero-order chi connectivity index (χ0) is 13.1. The van der Waals surface area contributed by atoms with E-state index in [1.807, 2.05) is 6.92 Å². The Labute approximate surface area is 118 Å². The molecule has 1 aromatic heterocycles. The standard InChI is InChI=1S/C12H23N3OS2/c1-3-11-14-12(18-15-11)17-10-8-13-7-5-6-9-16-4-2/h13H,3-10H2,1-2H3. The molecule has 0 aliphatic heterocycles. The molecule has 0 saturated heterocycles. The summed E-state index contributed by atoms with van der Waals surface area (Å²) in [4.78, 5) is 4.42. The summed E-state index contributed by atoms with van der Waals surface area (Å²) in [5, 5.41) is 3.43. The zero-order valence-electron chi connectivity index (χ0n) is 11.3. The first kappa shape index (κ1) is 15.9. The Bertz CT molecular complexity index is 307. The van der Waals surface area contributed by atoms with E-state index >= 15 is 0 Å². The maximum atomic E-state index is 5.29. The van der Waals surface area contributed by atoms with Gasteiger partial charge in [-0.2, -0.15) is 4.37 Å². The predicted molar refractivity (Wildman–Crippen MR) is 78.6 cm³/mol. The molecular weight excluding hydrogens is 266 g/mol. The van der Waals surface area contributed by atoms with Crippen LogP contribution in [0.4, 0.5) is 0 Å². The van der Waals surface area contributed by atoms with E-state index in [9.17, 15) is 0 Å². The van der Waals surface area contributed by atoms with Crippen molar-refractivity contribution < 1.29 is 4.74 Å². The molecule has 0 aromatic carbocycles. The van der Waals surface area contributed by atoms with E-state index in [0.717, 1.165) is 55.1 Å². The van der Waals surface area contributed by atoms with Crippen LogP contribution in [0, 0.1) is 0 Å². The van der Waals surface area contributed by atoms with Gasteiger partial charge in [0.25, 0.3) is 0 Å². The second-order valence-corrected chi connectivity index (χ2v) is 5.93. The molecule has 1 aromatic rings. The van der Waals surface area contributed by atoms with Crippen LogP contribution in [0.2, 0.25) is 0 Å². The minimum Gasteiger partial charge on any atom is -0.382 e. The lowest BCUT2D eigenvalue weighted by molar-refractivity contribution is 0.143. The number of nitrogens with zero attached hydrogens (tertiary/aromatic N) is 2. The maximum absolute atomic E-state index is 5.29. The number of thioether (sulfide) groups is 1. The average molecular weight is 289 g/mol. The lowest BCUT2D eigenvalue weighted by atomic mass is 10.3. The Morgan fingerprint density at radius 1 is 1.28 bits per heavy atom. The Morgan fingerprint density at radius 3 is 2.89 bits per heavy atom. The summed E-state index contributed by atoms with van der Waals surface area (Å²) in [6, 6.07) is 0. The molecule has 0 unspecified atom stereocenters. The summed E-state index contributed by atoms with van der Waals surface area (Å²) in [5.41, 5.74) is 0. The molecule has 0 amide bonds. The molecule has 0 bridgehead atoms. The van der Waals surface area contributed by atoms with Crippen LogP contribution in [-0.4, -0.2) is 41.4 Å². The summed E-state index contributed by atoms with van der Waals surface area (Å²) >= 11 is 3.30. The van der Waals surface area contributed by atoms with Crippen LogP contribution in [0.5, 0.6) is 0 Å². The first-order valence-electron chi connectivity index (χ1n) is 6.60. The molecule has 0 aliphatic rings. The molecule has 6 heteroatoms. The molecule has 0 aliphatic carbocycles. The third-order valence-electron chi connectivity index (χ3n) is 2.37. The van der Waals surface area contributed by atoms with Crippen LogP contribution in [0.25, 0.3) is 0 Å². The Balaban J connectivity index is 1.89. The van der Waals surface area contributed by atoms with Crippen molar-refractivity contribution >= 4 is 23.3 Å². The lowest BCUT2D eigenvalue weighted by Gasteiger charge is -2.03. The van der Waals surface area contributed by atoms with E-state index in [2.05, 4.69) is 21.6 Å². The van der Waals surface area contributed by atoms with Crippen molar-refractivity contribution in [2.45, 2.75) is 37.4 Å². The van der Waals surface area contributed by atoms with Gasteiger partial charge in [0.15, 0.2) is 4.34 Å². The number of rotatable bonds is 11. The molecule has 1 N–H and O–H groups in total. The van der Waals surface area contributed by atoms with Crippen molar-refractivity contribution in [2.24, 2.45) is 0 Å². The van der Waals surface area contributed by atoms with Crippen LogP contribution in [0.3, 0.4) is 0 Å². The quantitative estimate of drug-likeness (QED) is 0.501. The van der Waals surface area contributed by atoms with Crippen LogP contribution in [0.15, 0.2) is 4.34 Å². The Hall–Kier alpha value is -0.170. The fourth-order valence-electron chi connectivity index (χ4n) is 1.37. The predicted octanol–water partition coefficient (Wildman–Crippen LogP) is 2.60. The first-order chi connectivity index (χ1) is 8.86. The SMILES string of the molecule is CCOCCCCNCCSc1nc(CC)ns1. The summed E-state index contributed by atoms with van der Waals surface area (Å²) in [6.45, 7) is 7.93. The average Bonchev–Trinajstić information content (AvgIpc) is 2.85. The summed E-state index contributed by atoms with van der Waals surface area (Å²) < 4.78 is 10.6. The van der Waals surface area contributed by atoms with Crippen molar-refractivity contribution in [3.05, 3.63) is 5.82 Å². The monoisotopic (exact) mass is 289 g/mol. The van der Waals surface area contributed by atoms with Gasteiger partial charge in [-0.15, -0.1) is 0 Å². The third kappa shape index (κ3) is 7.31. The Kier molecular flexibility index (Phi) is 9.47. The molecule has 18 heavy (non-hydrogen) atoms. The second-order valence-electron chi connectivity index (χ2n) is 3.83. The molecule has 1 heterocycles. The van der Waals surface area contributed by atoms with Crippen LogP contribution >= 0.6 is 23.3 Å². The van der Waals surface area contributed by atoms with Gasteiger partial charge in [-0.1, -0.05) is 18.7 Å². The van der Waals surface area contributed by atoms with Gasteiger partial charge in [-0.05, 0) is 37.8 Å². The van der Waals surface area contributed by atoms with E-state index in [0.29, 0.717) is 0 Å². The van der Waals surface area contributed by atoms with Crippen LogP contribution in [0.1, 0.15) is 32.5 Å². The molecule has 0 fully saturated rings. The van der Waals surface area contributed by atoms with Gasteiger partial charge in [-0.25, -0.2) is 4.98 Å². The van der Waals surface area contributed by atoms with Crippen LogP contribution in [-0.2, 0) is 11.2 Å². The van der Waals surface area contributed by atoms with Gasteiger partial charge in [0.05, 0.1) is 0 Å². The third-order valence-corrected chi connectivity index (χ3v) is 4.24. The van der Waals surface area contributed by atoms with Crippen molar-refractivity contribution in [3.63, 3.8) is 0 Å². The molecule has 0 atom stereocenters. The summed E-state index contributed by atoms with van der Waals surface area (Å²) in [7, 11) is 0. The number of unbranched alkanes of at least 4 members (excludes halogenated alkanes) is 1. The molecule has 1 rings (SSSR count). The normalized spacial score (nSPS) is 11.0. The zero-order valence-corrected chi connectivity index (χ0v) is 12.9. The van der Waals surface area contributed by atoms with E-state index in [4.69, 9.17) is 4.74 Å². The number of aryl methyl sites for hydroxylation is 1. The molecule has 0 radical (unpaired) electrons. The van der Waals surface area contributed by atoms with E-state index in [-0.39, 0.29) is 0 Å². The van der Waals surface area contributed by atoms with Crippen LogP contribution < -0.4 is 5.32 Å². The van der Waals surface area contributed by atoms with Gasteiger partial charge in [0.2, 0.25) is 0 Å². The van der Waals surface area contributed by atoms with Gasteiger partial charge in [0, 0.05) is 31.9 Å².